The van der Waals surface area contributed by atoms with Gasteiger partial charge in [-0.3, -0.25) is 10.1 Å². The van der Waals surface area contributed by atoms with Crippen molar-refractivity contribution in [2.45, 2.75) is 26.6 Å². The van der Waals surface area contributed by atoms with Gasteiger partial charge in [0, 0.05) is 29.0 Å². The lowest BCUT2D eigenvalue weighted by atomic mass is 10.1. The van der Waals surface area contributed by atoms with Crippen molar-refractivity contribution in [3.63, 3.8) is 0 Å². The lowest BCUT2D eigenvalue weighted by molar-refractivity contribution is -0.385. The van der Waals surface area contributed by atoms with Crippen LogP contribution >= 0.6 is 0 Å². The first kappa shape index (κ1) is 23.0. The van der Waals surface area contributed by atoms with E-state index in [1.54, 1.807) is 44.3 Å². The lowest BCUT2D eigenvalue weighted by Gasteiger charge is -2.12. The van der Waals surface area contributed by atoms with Crippen LogP contribution in [0.3, 0.4) is 0 Å². The maximum absolute atomic E-state index is 12.7. The summed E-state index contributed by atoms with van der Waals surface area (Å²) >= 11 is 0. The second kappa shape index (κ2) is 9.36. The highest BCUT2D eigenvalue weighted by atomic mass is 16.6. The van der Waals surface area contributed by atoms with Crippen LogP contribution in [0.4, 0.5) is 5.69 Å². The molecule has 2 aromatic heterocycles. The van der Waals surface area contributed by atoms with Gasteiger partial charge in [0.15, 0.2) is 5.69 Å². The molecule has 1 N–H and O–H groups in total. The van der Waals surface area contributed by atoms with Gasteiger partial charge in [-0.15, -0.1) is 0 Å². The third-order valence-electron chi connectivity index (χ3n) is 5.12. The molecule has 4 aromatic rings. The summed E-state index contributed by atoms with van der Waals surface area (Å²) in [5, 5.41) is 13.0. The van der Waals surface area contributed by atoms with Crippen LogP contribution in [0.25, 0.3) is 21.8 Å². The molecule has 0 fully saturated rings. The van der Waals surface area contributed by atoms with Crippen molar-refractivity contribution in [2.24, 2.45) is 0 Å². The molecule has 2 heterocycles. The first-order valence-corrected chi connectivity index (χ1v) is 10.5. The summed E-state index contributed by atoms with van der Waals surface area (Å²) in [6.45, 7) is 3.66. The minimum atomic E-state index is -0.542. The van der Waals surface area contributed by atoms with E-state index in [1.807, 2.05) is 0 Å². The number of H-pyrrole nitrogens is 1. The van der Waals surface area contributed by atoms with Crippen molar-refractivity contribution in [2.75, 3.05) is 14.2 Å². The number of carbonyl (C=O) groups excluding carboxylic acids is 1. The Hall–Kier alpha value is -4.18. The van der Waals surface area contributed by atoms with Crippen LogP contribution in [0.1, 0.15) is 29.9 Å². The highest BCUT2D eigenvalue weighted by molar-refractivity contribution is 6.11. The summed E-state index contributed by atoms with van der Waals surface area (Å²) in [5.41, 5.74) is 2.00. The number of fused-ring (bicyclic) bond motifs is 3. The number of aromatic amines is 1. The average Bonchev–Trinajstić information content (AvgIpc) is 3.17. The van der Waals surface area contributed by atoms with E-state index in [2.05, 4.69) is 9.97 Å². The summed E-state index contributed by atoms with van der Waals surface area (Å²) < 4.78 is 21.7. The Labute approximate surface area is 194 Å². The molecule has 0 aliphatic heterocycles. The molecule has 0 spiro atoms. The average molecular weight is 465 g/mol. The number of aromatic nitrogens is 2. The number of esters is 1. The van der Waals surface area contributed by atoms with Gasteiger partial charge in [-0.1, -0.05) is 0 Å². The predicted molar refractivity (Wildman–Crippen MR) is 125 cm³/mol. The van der Waals surface area contributed by atoms with Crippen molar-refractivity contribution in [1.29, 1.82) is 0 Å². The zero-order valence-electron chi connectivity index (χ0n) is 19.1. The molecule has 0 saturated carbocycles. The van der Waals surface area contributed by atoms with Crippen LogP contribution in [0, 0.1) is 10.1 Å². The molecule has 2 aromatic carbocycles. The Kier molecular flexibility index (Phi) is 6.33. The summed E-state index contributed by atoms with van der Waals surface area (Å²) in [6, 6.07) is 9.61. The molecule has 0 aliphatic rings. The number of hydrogen-bond acceptors (Lipinski definition) is 8. The lowest BCUT2D eigenvalue weighted by Crippen LogP contribution is -2.15. The minimum absolute atomic E-state index is 0.0740. The molecule has 0 bridgehead atoms. The number of benzene rings is 2. The van der Waals surface area contributed by atoms with Crippen LogP contribution in [-0.4, -0.2) is 41.2 Å². The minimum Gasteiger partial charge on any atom is -0.496 e. The molecule has 4 rings (SSSR count). The van der Waals surface area contributed by atoms with E-state index in [9.17, 15) is 14.9 Å². The van der Waals surface area contributed by atoms with Gasteiger partial charge >= 0.3 is 11.7 Å². The Bertz CT molecular complexity index is 1390. The smallest absolute Gasteiger partial charge is 0.357 e. The molecule has 0 aliphatic carbocycles. The molecule has 10 nitrogen and oxygen atoms in total. The number of carbonyl (C=O) groups is 1. The van der Waals surface area contributed by atoms with E-state index in [0.29, 0.717) is 22.6 Å². The van der Waals surface area contributed by atoms with E-state index in [4.69, 9.17) is 18.9 Å². The Morgan fingerprint density at radius 1 is 1.12 bits per heavy atom. The zero-order chi connectivity index (χ0) is 24.4. The number of pyridine rings is 1. The van der Waals surface area contributed by atoms with E-state index in [1.165, 1.54) is 26.4 Å². The van der Waals surface area contributed by atoms with Crippen LogP contribution in [0.2, 0.25) is 0 Å². The van der Waals surface area contributed by atoms with E-state index in [0.717, 1.165) is 16.3 Å². The van der Waals surface area contributed by atoms with Crippen LogP contribution in [0.5, 0.6) is 17.2 Å². The van der Waals surface area contributed by atoms with Crippen molar-refractivity contribution in [3.8, 4) is 17.2 Å². The molecule has 0 saturated heterocycles. The predicted octanol–water partition coefficient (Wildman–Crippen LogP) is 5.14. The summed E-state index contributed by atoms with van der Waals surface area (Å²) in [4.78, 5) is 31.2. The van der Waals surface area contributed by atoms with Gasteiger partial charge in [0.25, 0.3) is 0 Å². The molecule has 10 heteroatoms. The number of nitrogens with one attached hydrogen (secondary N) is 1. The highest BCUT2D eigenvalue weighted by Gasteiger charge is 2.22. The Morgan fingerprint density at radius 3 is 2.56 bits per heavy atom. The first-order valence-electron chi connectivity index (χ1n) is 10.5. The second-order valence-electron chi connectivity index (χ2n) is 7.79. The quantitative estimate of drug-likeness (QED) is 0.215. The summed E-state index contributed by atoms with van der Waals surface area (Å²) in [7, 11) is 2.96. The zero-order valence-corrected chi connectivity index (χ0v) is 19.1. The maximum Gasteiger partial charge on any atom is 0.357 e. The van der Waals surface area contributed by atoms with Crippen LogP contribution < -0.4 is 9.47 Å². The largest absolute Gasteiger partial charge is 0.496 e. The molecule has 34 heavy (non-hydrogen) atoms. The van der Waals surface area contributed by atoms with E-state index in [-0.39, 0.29) is 29.8 Å². The standard InChI is InChI=1S/C24H23N3O7/c1-13(2)33-24(28)23-17(12-31-3)22-16-9-15(5-7-18(16)26-19(22)11-25-23)34-21-8-6-14(32-4)10-20(21)27(29)30/h5-11,13,26H,12H2,1-4H3. The Balaban J connectivity index is 1.84. The monoisotopic (exact) mass is 465 g/mol. The molecule has 0 amide bonds. The van der Waals surface area contributed by atoms with Gasteiger partial charge in [-0.25, -0.2) is 9.78 Å². The third kappa shape index (κ3) is 4.35. The summed E-state index contributed by atoms with van der Waals surface area (Å²) in [6.07, 6.45) is 1.27. The number of rotatable bonds is 8. The third-order valence-corrected chi connectivity index (χ3v) is 5.12. The Morgan fingerprint density at radius 2 is 1.88 bits per heavy atom. The molecule has 0 radical (unpaired) electrons. The van der Waals surface area contributed by atoms with Gasteiger partial charge in [-0.2, -0.15) is 0 Å². The molecule has 176 valence electrons. The van der Waals surface area contributed by atoms with Crippen molar-refractivity contribution in [1.82, 2.24) is 9.97 Å². The molecular weight excluding hydrogens is 442 g/mol. The van der Waals surface area contributed by atoms with Crippen molar-refractivity contribution >= 4 is 33.5 Å². The number of methoxy groups -OCH3 is 2. The molecular formula is C24H23N3O7. The first-order chi connectivity index (χ1) is 16.3. The molecule has 0 atom stereocenters. The van der Waals surface area contributed by atoms with Gasteiger partial charge < -0.3 is 23.9 Å². The number of nitro benzene ring substituents is 1. The summed E-state index contributed by atoms with van der Waals surface area (Å²) in [5.74, 6) is 0.265. The fourth-order valence-corrected chi connectivity index (χ4v) is 3.71. The number of hydrogen-bond donors (Lipinski definition) is 1. The normalized spacial score (nSPS) is 11.2. The van der Waals surface area contributed by atoms with Gasteiger partial charge in [0.2, 0.25) is 5.75 Å². The van der Waals surface area contributed by atoms with E-state index < -0.39 is 10.9 Å². The van der Waals surface area contributed by atoms with Crippen LogP contribution in [-0.2, 0) is 16.1 Å². The van der Waals surface area contributed by atoms with Gasteiger partial charge in [-0.05, 0) is 44.2 Å². The fourth-order valence-electron chi connectivity index (χ4n) is 3.71. The highest BCUT2D eigenvalue weighted by Crippen LogP contribution is 2.37. The second-order valence-corrected chi connectivity index (χ2v) is 7.79. The SMILES string of the molecule is COCc1c(C(=O)OC(C)C)ncc2[nH]c3ccc(Oc4ccc(OC)cc4[N+](=O)[O-])cc3c12. The number of nitrogens with zero attached hydrogens (tertiary/aromatic N) is 2. The van der Waals surface area contributed by atoms with Gasteiger partial charge in [0.1, 0.15) is 11.5 Å². The number of ether oxygens (including phenoxy) is 4. The van der Waals surface area contributed by atoms with Crippen molar-refractivity contribution in [3.05, 3.63) is 64.0 Å². The van der Waals surface area contributed by atoms with E-state index >= 15 is 0 Å². The number of nitro groups is 1. The maximum atomic E-state index is 12.7. The van der Waals surface area contributed by atoms with Crippen LogP contribution in [0.15, 0.2) is 42.6 Å². The molecule has 0 unspecified atom stereocenters. The fraction of sp³-hybridized carbons (Fsp3) is 0.250. The van der Waals surface area contributed by atoms with Gasteiger partial charge in [0.05, 0.1) is 42.5 Å². The van der Waals surface area contributed by atoms with Crippen molar-refractivity contribution < 1.29 is 28.7 Å². The topological polar surface area (TPSA) is 126 Å².